The summed E-state index contributed by atoms with van der Waals surface area (Å²) in [5.74, 6) is 0.730. The van der Waals surface area contributed by atoms with Gasteiger partial charge in [0.1, 0.15) is 5.75 Å². The van der Waals surface area contributed by atoms with Crippen molar-refractivity contribution in [2.75, 3.05) is 18.8 Å². The molecule has 0 bridgehead atoms. The van der Waals surface area contributed by atoms with Gasteiger partial charge in [0.15, 0.2) is 4.90 Å². The lowest BCUT2D eigenvalue weighted by molar-refractivity contribution is 0.565. The van der Waals surface area contributed by atoms with E-state index in [1.807, 2.05) is 12.1 Å². The van der Waals surface area contributed by atoms with Crippen molar-refractivity contribution in [3.8, 4) is 0 Å². The van der Waals surface area contributed by atoms with Crippen LogP contribution in [0.1, 0.15) is 51.9 Å². The van der Waals surface area contributed by atoms with Gasteiger partial charge in [0, 0.05) is 30.9 Å². The fourth-order valence-corrected chi connectivity index (χ4v) is 3.16. The number of nitrogens with one attached hydrogen (secondary N) is 1. The largest absolute Gasteiger partial charge is 0.611 e. The van der Waals surface area contributed by atoms with Gasteiger partial charge in [-0.3, -0.25) is 4.98 Å². The molecule has 4 heteroatoms. The van der Waals surface area contributed by atoms with Crippen LogP contribution in [0.5, 0.6) is 0 Å². The van der Waals surface area contributed by atoms with Crippen molar-refractivity contribution >= 4 is 11.2 Å². The molecule has 0 aliphatic carbocycles. The molecule has 0 aliphatic heterocycles. The quantitative estimate of drug-likeness (QED) is 0.474. The van der Waals surface area contributed by atoms with Crippen LogP contribution in [0, 0.1) is 0 Å². The lowest BCUT2D eigenvalue weighted by Gasteiger charge is -2.10. The van der Waals surface area contributed by atoms with Gasteiger partial charge in [-0.05, 0) is 30.7 Å². The summed E-state index contributed by atoms with van der Waals surface area (Å²) in [6.07, 6.45) is 12.4. The molecule has 1 N–H and O–H groups in total. The molecule has 20 heavy (non-hydrogen) atoms. The molecule has 1 aromatic heterocycles. The van der Waals surface area contributed by atoms with Crippen LogP contribution in [0.15, 0.2) is 29.4 Å². The Morgan fingerprint density at radius 3 is 2.40 bits per heavy atom. The normalized spacial score (nSPS) is 12.5. The van der Waals surface area contributed by atoms with Crippen LogP contribution in [0.3, 0.4) is 0 Å². The molecule has 114 valence electrons. The Morgan fingerprint density at radius 2 is 1.65 bits per heavy atom. The van der Waals surface area contributed by atoms with Gasteiger partial charge in [-0.1, -0.05) is 39.0 Å². The summed E-state index contributed by atoms with van der Waals surface area (Å²) in [4.78, 5) is 4.82. The second kappa shape index (κ2) is 12.2. The highest BCUT2D eigenvalue weighted by molar-refractivity contribution is 7.91. The highest BCUT2D eigenvalue weighted by atomic mass is 32.2. The maximum absolute atomic E-state index is 11.9. The summed E-state index contributed by atoms with van der Waals surface area (Å²) >= 11 is -0.876. The zero-order valence-electron chi connectivity index (χ0n) is 12.6. The molecule has 0 fully saturated rings. The molecule has 0 amide bonds. The van der Waals surface area contributed by atoms with Crippen molar-refractivity contribution in [2.24, 2.45) is 0 Å². The Kier molecular flexibility index (Phi) is 10.6. The van der Waals surface area contributed by atoms with E-state index in [9.17, 15) is 4.55 Å². The summed E-state index contributed by atoms with van der Waals surface area (Å²) in [7, 11) is 0. The number of hydrogen-bond acceptors (Lipinski definition) is 3. The molecular weight excluding hydrogens is 268 g/mol. The summed E-state index contributed by atoms with van der Waals surface area (Å²) in [5, 5.41) is 3.44. The predicted octanol–water partition coefficient (Wildman–Crippen LogP) is 3.53. The first-order valence-electron chi connectivity index (χ1n) is 7.83. The molecule has 0 saturated carbocycles. The smallest absolute Gasteiger partial charge is 0.155 e. The van der Waals surface area contributed by atoms with Crippen molar-refractivity contribution in [1.82, 2.24) is 10.3 Å². The van der Waals surface area contributed by atoms with Crippen molar-refractivity contribution in [3.63, 3.8) is 0 Å². The molecule has 0 aliphatic rings. The molecule has 0 spiro atoms. The van der Waals surface area contributed by atoms with Gasteiger partial charge < -0.3 is 9.87 Å². The number of hydrogen-bond donors (Lipinski definition) is 1. The van der Waals surface area contributed by atoms with Crippen LogP contribution in [0.2, 0.25) is 0 Å². The fourth-order valence-electron chi connectivity index (χ4n) is 2.09. The van der Waals surface area contributed by atoms with Crippen LogP contribution in [-0.2, 0) is 11.2 Å². The van der Waals surface area contributed by atoms with E-state index in [1.54, 1.807) is 12.4 Å². The van der Waals surface area contributed by atoms with Crippen molar-refractivity contribution < 1.29 is 4.55 Å². The molecule has 1 aromatic rings. The third-order valence-corrected chi connectivity index (χ3v) is 4.76. The first kappa shape index (κ1) is 17.5. The van der Waals surface area contributed by atoms with Gasteiger partial charge in [0.25, 0.3) is 0 Å². The van der Waals surface area contributed by atoms with Crippen LogP contribution < -0.4 is 5.32 Å². The van der Waals surface area contributed by atoms with E-state index in [4.69, 9.17) is 0 Å². The van der Waals surface area contributed by atoms with E-state index in [2.05, 4.69) is 17.2 Å². The number of unbranched alkanes of at least 4 members (excludes halogenated alkanes) is 5. The molecule has 1 rings (SSSR count). The summed E-state index contributed by atoms with van der Waals surface area (Å²) in [5.41, 5.74) is 0. The number of rotatable bonds is 12. The number of nitrogens with zero attached hydrogens (tertiary/aromatic N) is 1. The monoisotopic (exact) mass is 296 g/mol. The summed E-state index contributed by atoms with van der Waals surface area (Å²) < 4.78 is 11.9. The molecular formula is C16H28N2OS. The minimum atomic E-state index is -0.876. The van der Waals surface area contributed by atoms with Crippen LogP contribution in [-0.4, -0.2) is 28.4 Å². The molecule has 0 radical (unpaired) electrons. The lowest BCUT2D eigenvalue weighted by atomic mass is 10.1. The zero-order chi connectivity index (χ0) is 14.5. The van der Waals surface area contributed by atoms with Crippen LogP contribution >= 0.6 is 0 Å². The Balaban J connectivity index is 1.90. The SMILES string of the molecule is CCCCCCCCNCCC[S+]([O-])c1ccncc1. The van der Waals surface area contributed by atoms with Crippen molar-refractivity contribution in [1.29, 1.82) is 0 Å². The number of aromatic nitrogens is 1. The van der Waals surface area contributed by atoms with Gasteiger partial charge in [-0.25, -0.2) is 0 Å². The van der Waals surface area contributed by atoms with Gasteiger partial charge >= 0.3 is 0 Å². The summed E-state index contributed by atoms with van der Waals surface area (Å²) in [6, 6.07) is 3.67. The van der Waals surface area contributed by atoms with E-state index < -0.39 is 11.2 Å². The third kappa shape index (κ3) is 8.56. The van der Waals surface area contributed by atoms with Gasteiger partial charge in [-0.2, -0.15) is 0 Å². The van der Waals surface area contributed by atoms with E-state index in [-0.39, 0.29) is 0 Å². The van der Waals surface area contributed by atoms with Gasteiger partial charge in [0.05, 0.1) is 0 Å². The van der Waals surface area contributed by atoms with Crippen LogP contribution in [0.25, 0.3) is 0 Å². The molecule has 0 saturated heterocycles. The van der Waals surface area contributed by atoms with Gasteiger partial charge in [-0.15, -0.1) is 0 Å². The maximum atomic E-state index is 11.9. The molecule has 1 heterocycles. The highest BCUT2D eigenvalue weighted by Gasteiger charge is 2.08. The van der Waals surface area contributed by atoms with E-state index >= 15 is 0 Å². The van der Waals surface area contributed by atoms with Crippen molar-refractivity contribution in [3.05, 3.63) is 24.5 Å². The topological polar surface area (TPSA) is 48.0 Å². The Bertz CT molecular complexity index is 322. The van der Waals surface area contributed by atoms with E-state index in [0.717, 1.165) is 30.2 Å². The average molecular weight is 296 g/mol. The third-order valence-electron chi connectivity index (χ3n) is 3.30. The minimum absolute atomic E-state index is 0.730. The van der Waals surface area contributed by atoms with Gasteiger partial charge in [0.2, 0.25) is 0 Å². The molecule has 0 aromatic carbocycles. The second-order valence-corrected chi connectivity index (χ2v) is 6.67. The minimum Gasteiger partial charge on any atom is -0.611 e. The first-order valence-corrected chi connectivity index (χ1v) is 9.15. The Hall–Kier alpha value is -0.580. The maximum Gasteiger partial charge on any atom is 0.155 e. The first-order chi connectivity index (χ1) is 9.84. The number of pyridine rings is 1. The van der Waals surface area contributed by atoms with Crippen molar-refractivity contribution in [2.45, 2.75) is 56.8 Å². The standard InChI is InChI=1S/C16H28N2OS/c1-2-3-4-5-6-7-11-17-12-8-15-20(19)16-9-13-18-14-10-16/h9-10,13-14,17H,2-8,11-12,15H2,1H3. The fraction of sp³-hybridized carbons (Fsp3) is 0.688. The molecule has 3 nitrogen and oxygen atoms in total. The van der Waals surface area contributed by atoms with E-state index in [1.165, 1.54) is 38.5 Å². The lowest BCUT2D eigenvalue weighted by Crippen LogP contribution is -2.19. The Labute approximate surface area is 126 Å². The average Bonchev–Trinajstić information content (AvgIpc) is 2.50. The van der Waals surface area contributed by atoms with Crippen LogP contribution in [0.4, 0.5) is 0 Å². The molecule has 1 unspecified atom stereocenters. The summed E-state index contributed by atoms with van der Waals surface area (Å²) in [6.45, 7) is 4.30. The van der Waals surface area contributed by atoms with E-state index in [0.29, 0.717) is 0 Å². The highest BCUT2D eigenvalue weighted by Crippen LogP contribution is 2.09. The second-order valence-electron chi connectivity index (χ2n) is 5.10. The predicted molar refractivity (Wildman–Crippen MR) is 86.4 cm³/mol. The Morgan fingerprint density at radius 1 is 1.00 bits per heavy atom. The zero-order valence-corrected chi connectivity index (χ0v) is 13.5. The molecule has 1 atom stereocenters.